The van der Waals surface area contributed by atoms with E-state index < -0.39 is 16.0 Å². The first-order valence-electron chi connectivity index (χ1n) is 6.42. The lowest BCUT2D eigenvalue weighted by Crippen LogP contribution is -2.35. The number of sulfonamides is 1. The SMILES string of the molecule is Cc1c(C(=O)O)cccc1S(=O)(=O)NC1CC=CCC1. The minimum Gasteiger partial charge on any atom is -0.478 e. The molecule has 20 heavy (non-hydrogen) atoms. The third-order valence-corrected chi connectivity index (χ3v) is 5.06. The van der Waals surface area contributed by atoms with Crippen LogP contribution in [0.3, 0.4) is 0 Å². The second kappa shape index (κ2) is 5.76. The summed E-state index contributed by atoms with van der Waals surface area (Å²) in [5.41, 5.74) is 0.273. The number of allylic oxidation sites excluding steroid dienone is 1. The third-order valence-electron chi connectivity index (χ3n) is 3.39. The molecule has 0 spiro atoms. The Kier molecular flexibility index (Phi) is 4.25. The zero-order chi connectivity index (χ0) is 14.8. The number of aromatic carboxylic acids is 1. The lowest BCUT2D eigenvalue weighted by molar-refractivity contribution is 0.0696. The molecule has 0 saturated carbocycles. The van der Waals surface area contributed by atoms with Crippen LogP contribution in [0.25, 0.3) is 0 Å². The molecule has 0 heterocycles. The van der Waals surface area contributed by atoms with Crippen molar-refractivity contribution in [3.8, 4) is 0 Å². The molecule has 0 aromatic heterocycles. The van der Waals surface area contributed by atoms with Crippen molar-refractivity contribution in [2.75, 3.05) is 0 Å². The van der Waals surface area contributed by atoms with E-state index in [1.807, 2.05) is 12.2 Å². The number of benzene rings is 1. The van der Waals surface area contributed by atoms with Gasteiger partial charge in [-0.1, -0.05) is 18.2 Å². The van der Waals surface area contributed by atoms with Gasteiger partial charge in [0.05, 0.1) is 10.5 Å². The first-order chi connectivity index (χ1) is 9.42. The number of hydrogen-bond donors (Lipinski definition) is 2. The first-order valence-corrected chi connectivity index (χ1v) is 7.90. The highest BCUT2D eigenvalue weighted by Crippen LogP contribution is 2.21. The van der Waals surface area contributed by atoms with E-state index in [-0.39, 0.29) is 22.1 Å². The summed E-state index contributed by atoms with van der Waals surface area (Å²) in [6, 6.07) is 4.16. The van der Waals surface area contributed by atoms with Gasteiger partial charge in [-0.2, -0.15) is 0 Å². The molecular weight excluding hydrogens is 278 g/mol. The monoisotopic (exact) mass is 295 g/mol. The number of carboxylic acids is 1. The average Bonchev–Trinajstić information content (AvgIpc) is 2.39. The number of hydrogen-bond acceptors (Lipinski definition) is 3. The highest BCUT2D eigenvalue weighted by Gasteiger charge is 2.24. The summed E-state index contributed by atoms with van der Waals surface area (Å²) < 4.78 is 27.4. The third kappa shape index (κ3) is 3.08. The van der Waals surface area contributed by atoms with E-state index in [0.29, 0.717) is 6.42 Å². The molecular formula is C14H17NO4S. The molecule has 108 valence electrons. The van der Waals surface area contributed by atoms with E-state index >= 15 is 0 Å². The Hall–Kier alpha value is -1.66. The molecule has 1 aromatic carbocycles. The standard InChI is InChI=1S/C14H17NO4S/c1-10-12(14(16)17)8-5-9-13(10)20(18,19)15-11-6-3-2-4-7-11/h2-3,5,8-9,11,15H,4,6-7H2,1H3,(H,16,17). The Labute approximate surface area is 118 Å². The molecule has 0 saturated heterocycles. The van der Waals surface area contributed by atoms with Crippen LogP contribution in [-0.2, 0) is 10.0 Å². The highest BCUT2D eigenvalue weighted by molar-refractivity contribution is 7.89. The van der Waals surface area contributed by atoms with Crippen molar-refractivity contribution in [2.45, 2.75) is 37.1 Å². The van der Waals surface area contributed by atoms with Crippen LogP contribution in [0.4, 0.5) is 0 Å². The van der Waals surface area contributed by atoms with Crippen LogP contribution in [0, 0.1) is 6.92 Å². The van der Waals surface area contributed by atoms with Crippen molar-refractivity contribution in [2.24, 2.45) is 0 Å². The van der Waals surface area contributed by atoms with Gasteiger partial charge < -0.3 is 5.11 Å². The smallest absolute Gasteiger partial charge is 0.335 e. The predicted molar refractivity (Wildman–Crippen MR) is 75.2 cm³/mol. The van der Waals surface area contributed by atoms with Gasteiger partial charge in [0.2, 0.25) is 10.0 Å². The van der Waals surface area contributed by atoms with E-state index in [1.165, 1.54) is 25.1 Å². The van der Waals surface area contributed by atoms with Crippen LogP contribution in [0.15, 0.2) is 35.2 Å². The van der Waals surface area contributed by atoms with Crippen molar-refractivity contribution >= 4 is 16.0 Å². The summed E-state index contributed by atoms with van der Waals surface area (Å²) >= 11 is 0. The molecule has 1 unspecified atom stereocenters. The van der Waals surface area contributed by atoms with E-state index in [4.69, 9.17) is 5.11 Å². The van der Waals surface area contributed by atoms with Crippen LogP contribution in [0.2, 0.25) is 0 Å². The van der Waals surface area contributed by atoms with Gasteiger partial charge in [0.25, 0.3) is 0 Å². The topological polar surface area (TPSA) is 83.5 Å². The van der Waals surface area contributed by atoms with Crippen LogP contribution in [0.1, 0.15) is 35.2 Å². The van der Waals surface area contributed by atoms with Gasteiger partial charge >= 0.3 is 5.97 Å². The molecule has 0 radical (unpaired) electrons. The fraction of sp³-hybridized carbons (Fsp3) is 0.357. The minimum atomic E-state index is -3.69. The number of carbonyl (C=O) groups is 1. The second-order valence-electron chi connectivity index (χ2n) is 4.84. The van der Waals surface area contributed by atoms with Crippen LogP contribution in [0.5, 0.6) is 0 Å². The summed E-state index contributed by atoms with van der Waals surface area (Å²) in [4.78, 5) is 11.1. The Morgan fingerprint density at radius 3 is 2.70 bits per heavy atom. The van der Waals surface area contributed by atoms with Crippen molar-refractivity contribution in [1.29, 1.82) is 0 Å². The van der Waals surface area contributed by atoms with Crippen molar-refractivity contribution in [3.63, 3.8) is 0 Å². The van der Waals surface area contributed by atoms with Gasteiger partial charge in [-0.25, -0.2) is 17.9 Å². The maximum Gasteiger partial charge on any atom is 0.335 e. The van der Waals surface area contributed by atoms with Gasteiger partial charge in [0.15, 0.2) is 0 Å². The van der Waals surface area contributed by atoms with Crippen molar-refractivity contribution in [3.05, 3.63) is 41.5 Å². The van der Waals surface area contributed by atoms with Gasteiger partial charge in [-0.15, -0.1) is 0 Å². The van der Waals surface area contributed by atoms with Crippen molar-refractivity contribution in [1.82, 2.24) is 4.72 Å². The molecule has 2 rings (SSSR count). The second-order valence-corrected chi connectivity index (χ2v) is 6.52. The number of rotatable bonds is 4. The van der Waals surface area contributed by atoms with Gasteiger partial charge in [0.1, 0.15) is 0 Å². The Bertz CT molecular complexity index is 649. The molecule has 1 atom stereocenters. The lowest BCUT2D eigenvalue weighted by Gasteiger charge is -2.20. The molecule has 0 bridgehead atoms. The molecule has 1 aliphatic carbocycles. The molecule has 0 amide bonds. The maximum atomic E-state index is 12.4. The number of nitrogens with one attached hydrogen (secondary N) is 1. The molecule has 2 N–H and O–H groups in total. The summed E-state index contributed by atoms with van der Waals surface area (Å²) in [5.74, 6) is -1.12. The molecule has 0 fully saturated rings. The zero-order valence-corrected chi connectivity index (χ0v) is 12.0. The Balaban J connectivity index is 2.32. The summed E-state index contributed by atoms with van der Waals surface area (Å²) in [6.07, 6.45) is 6.25. The largest absolute Gasteiger partial charge is 0.478 e. The van der Waals surface area contributed by atoms with E-state index in [0.717, 1.165) is 12.8 Å². The van der Waals surface area contributed by atoms with Gasteiger partial charge in [-0.05, 0) is 43.9 Å². The van der Waals surface area contributed by atoms with E-state index in [1.54, 1.807) is 0 Å². The zero-order valence-electron chi connectivity index (χ0n) is 11.2. The molecule has 6 heteroatoms. The molecule has 1 aliphatic rings. The Morgan fingerprint density at radius 2 is 2.10 bits per heavy atom. The van der Waals surface area contributed by atoms with Crippen LogP contribution in [-0.4, -0.2) is 25.5 Å². The van der Waals surface area contributed by atoms with Crippen molar-refractivity contribution < 1.29 is 18.3 Å². The molecule has 0 aliphatic heterocycles. The first kappa shape index (κ1) is 14.7. The maximum absolute atomic E-state index is 12.4. The normalized spacial score (nSPS) is 18.9. The van der Waals surface area contributed by atoms with E-state index in [9.17, 15) is 13.2 Å². The van der Waals surface area contributed by atoms with Crippen LogP contribution >= 0.6 is 0 Å². The summed E-state index contributed by atoms with van der Waals surface area (Å²) in [7, 11) is -3.69. The fourth-order valence-corrected chi connectivity index (χ4v) is 3.87. The van der Waals surface area contributed by atoms with Crippen LogP contribution < -0.4 is 4.72 Å². The predicted octanol–water partition coefficient (Wildman–Crippen LogP) is 2.08. The van der Waals surface area contributed by atoms with Gasteiger partial charge in [0, 0.05) is 6.04 Å². The summed E-state index contributed by atoms with van der Waals surface area (Å²) in [6.45, 7) is 1.51. The lowest BCUT2D eigenvalue weighted by atomic mass is 10.0. The summed E-state index contributed by atoms with van der Waals surface area (Å²) in [5, 5.41) is 9.05. The average molecular weight is 295 g/mol. The highest BCUT2D eigenvalue weighted by atomic mass is 32.2. The number of carboxylic acid groups (broad SMARTS) is 1. The molecule has 1 aromatic rings. The Morgan fingerprint density at radius 1 is 1.35 bits per heavy atom. The van der Waals surface area contributed by atoms with Gasteiger partial charge in [-0.3, -0.25) is 0 Å². The van der Waals surface area contributed by atoms with E-state index in [2.05, 4.69) is 4.72 Å². The fourth-order valence-electron chi connectivity index (χ4n) is 2.32. The minimum absolute atomic E-state index is 0.0106. The quantitative estimate of drug-likeness (QED) is 0.833. The molecule has 5 nitrogen and oxygen atoms in total.